The van der Waals surface area contributed by atoms with Gasteiger partial charge < -0.3 is 10.6 Å². The molecule has 1 aromatic heterocycles. The first kappa shape index (κ1) is 14.7. The predicted molar refractivity (Wildman–Crippen MR) is 82.9 cm³/mol. The van der Waals surface area contributed by atoms with E-state index in [0.717, 1.165) is 23.0 Å². The molecular formula is C14H16BrFN4. The molecule has 0 unspecified atom stereocenters. The van der Waals surface area contributed by atoms with Gasteiger partial charge in [0, 0.05) is 18.4 Å². The Labute approximate surface area is 126 Å². The minimum absolute atomic E-state index is 0.285. The Morgan fingerprint density at radius 2 is 2.15 bits per heavy atom. The Kier molecular flexibility index (Phi) is 4.89. The molecule has 0 aliphatic carbocycles. The van der Waals surface area contributed by atoms with Gasteiger partial charge in [-0.2, -0.15) is 4.98 Å². The zero-order valence-corrected chi connectivity index (χ0v) is 13.0. The second-order valence-electron chi connectivity index (χ2n) is 4.40. The average Bonchev–Trinajstić information content (AvgIpc) is 2.43. The molecule has 0 aliphatic rings. The molecule has 0 amide bonds. The molecule has 4 nitrogen and oxygen atoms in total. The van der Waals surface area contributed by atoms with E-state index in [1.807, 2.05) is 6.92 Å². The first-order chi connectivity index (χ1) is 9.60. The fourth-order valence-electron chi connectivity index (χ4n) is 1.63. The molecule has 0 spiro atoms. The van der Waals surface area contributed by atoms with E-state index in [1.165, 1.54) is 12.1 Å². The Morgan fingerprint density at radius 3 is 2.90 bits per heavy atom. The number of nitrogens with one attached hydrogen (secondary N) is 2. The van der Waals surface area contributed by atoms with Crippen LogP contribution in [0.15, 0.2) is 28.9 Å². The topological polar surface area (TPSA) is 49.8 Å². The highest BCUT2D eigenvalue weighted by atomic mass is 79.9. The van der Waals surface area contributed by atoms with E-state index in [-0.39, 0.29) is 5.82 Å². The highest BCUT2D eigenvalue weighted by molar-refractivity contribution is 9.10. The molecule has 0 aliphatic heterocycles. The fourth-order valence-corrected chi connectivity index (χ4v) is 1.92. The van der Waals surface area contributed by atoms with Crippen LogP contribution in [0, 0.1) is 12.7 Å². The molecule has 2 aromatic rings. The van der Waals surface area contributed by atoms with Crippen molar-refractivity contribution in [3.05, 3.63) is 40.2 Å². The van der Waals surface area contributed by atoms with E-state index < -0.39 is 0 Å². The fraction of sp³-hybridized carbons (Fsp3) is 0.286. The van der Waals surface area contributed by atoms with Gasteiger partial charge >= 0.3 is 0 Å². The first-order valence-electron chi connectivity index (χ1n) is 6.39. The van der Waals surface area contributed by atoms with Gasteiger partial charge in [-0.25, -0.2) is 9.37 Å². The number of rotatable bonds is 5. The minimum Gasteiger partial charge on any atom is -0.354 e. The van der Waals surface area contributed by atoms with Gasteiger partial charge in [-0.05, 0) is 47.0 Å². The van der Waals surface area contributed by atoms with Crippen molar-refractivity contribution in [1.82, 2.24) is 9.97 Å². The number of nitrogens with zero attached hydrogens (tertiary/aromatic N) is 2. The molecule has 2 N–H and O–H groups in total. The maximum absolute atomic E-state index is 13.3. The average molecular weight is 339 g/mol. The lowest BCUT2D eigenvalue weighted by Crippen LogP contribution is -2.06. The first-order valence-corrected chi connectivity index (χ1v) is 7.19. The normalized spacial score (nSPS) is 10.4. The third kappa shape index (κ3) is 3.66. The maximum Gasteiger partial charge on any atom is 0.224 e. The van der Waals surface area contributed by atoms with Crippen LogP contribution in [0.3, 0.4) is 0 Å². The molecule has 20 heavy (non-hydrogen) atoms. The maximum atomic E-state index is 13.3. The van der Waals surface area contributed by atoms with E-state index in [0.29, 0.717) is 17.5 Å². The van der Waals surface area contributed by atoms with E-state index in [9.17, 15) is 4.39 Å². The summed E-state index contributed by atoms with van der Waals surface area (Å²) in [6.45, 7) is 4.79. The Hall–Kier alpha value is -1.69. The molecular weight excluding hydrogens is 323 g/mol. The van der Waals surface area contributed by atoms with Crippen LogP contribution in [0.4, 0.5) is 21.8 Å². The van der Waals surface area contributed by atoms with Crippen LogP contribution in [0.2, 0.25) is 0 Å². The van der Waals surface area contributed by atoms with Gasteiger partial charge in [0.2, 0.25) is 5.95 Å². The molecule has 2 rings (SSSR count). The van der Waals surface area contributed by atoms with Crippen molar-refractivity contribution in [3.63, 3.8) is 0 Å². The van der Waals surface area contributed by atoms with E-state index in [4.69, 9.17) is 0 Å². The lowest BCUT2D eigenvalue weighted by Gasteiger charge is -2.12. The van der Waals surface area contributed by atoms with E-state index in [2.05, 4.69) is 43.5 Å². The SMILES string of the molecule is CCCNc1ncc(Br)c(Nc2cc(F)ccc2C)n1. The molecule has 0 saturated carbocycles. The van der Waals surface area contributed by atoms with Crippen molar-refractivity contribution >= 4 is 33.4 Å². The van der Waals surface area contributed by atoms with Gasteiger partial charge in [-0.1, -0.05) is 13.0 Å². The second kappa shape index (κ2) is 6.65. The summed E-state index contributed by atoms with van der Waals surface area (Å²) in [6.07, 6.45) is 2.66. The number of hydrogen-bond donors (Lipinski definition) is 2. The van der Waals surface area contributed by atoms with E-state index >= 15 is 0 Å². The molecule has 6 heteroatoms. The number of benzene rings is 1. The molecule has 1 heterocycles. The quantitative estimate of drug-likeness (QED) is 0.855. The lowest BCUT2D eigenvalue weighted by molar-refractivity contribution is 0.628. The Morgan fingerprint density at radius 1 is 1.35 bits per heavy atom. The molecule has 1 aromatic carbocycles. The third-order valence-corrected chi connectivity index (χ3v) is 3.31. The number of aryl methyl sites for hydroxylation is 1. The van der Waals surface area contributed by atoms with Crippen molar-refractivity contribution in [2.75, 3.05) is 17.2 Å². The molecule has 0 bridgehead atoms. The summed E-state index contributed by atoms with van der Waals surface area (Å²) in [5.41, 5.74) is 1.63. The Balaban J connectivity index is 2.25. The van der Waals surface area contributed by atoms with Crippen LogP contribution in [0.1, 0.15) is 18.9 Å². The summed E-state index contributed by atoms with van der Waals surface area (Å²) in [4.78, 5) is 8.55. The van der Waals surface area contributed by atoms with Crippen LogP contribution < -0.4 is 10.6 Å². The highest BCUT2D eigenvalue weighted by Gasteiger charge is 2.07. The van der Waals surface area contributed by atoms with Crippen molar-refractivity contribution in [1.29, 1.82) is 0 Å². The highest BCUT2D eigenvalue weighted by Crippen LogP contribution is 2.26. The summed E-state index contributed by atoms with van der Waals surface area (Å²) in [7, 11) is 0. The molecule has 106 valence electrons. The van der Waals surface area contributed by atoms with Gasteiger partial charge in [-0.15, -0.1) is 0 Å². The zero-order valence-electron chi connectivity index (χ0n) is 11.4. The van der Waals surface area contributed by atoms with Gasteiger partial charge in [0.25, 0.3) is 0 Å². The molecule has 0 radical (unpaired) electrons. The van der Waals surface area contributed by atoms with Crippen molar-refractivity contribution in [2.45, 2.75) is 20.3 Å². The molecule has 0 atom stereocenters. The van der Waals surface area contributed by atoms with Crippen LogP contribution in [0.25, 0.3) is 0 Å². The van der Waals surface area contributed by atoms with Crippen LogP contribution >= 0.6 is 15.9 Å². The lowest BCUT2D eigenvalue weighted by atomic mass is 10.2. The van der Waals surface area contributed by atoms with Gasteiger partial charge in [-0.3, -0.25) is 0 Å². The molecule has 0 saturated heterocycles. The standard InChI is InChI=1S/C14H16BrFN4/c1-3-6-17-14-18-8-11(15)13(20-14)19-12-7-10(16)5-4-9(12)2/h4-5,7-8H,3,6H2,1-2H3,(H2,17,18,19,20). The Bertz CT molecular complexity index is 604. The number of aromatic nitrogens is 2. The van der Waals surface area contributed by atoms with Crippen molar-refractivity contribution in [2.24, 2.45) is 0 Å². The summed E-state index contributed by atoms with van der Waals surface area (Å²) >= 11 is 3.39. The summed E-state index contributed by atoms with van der Waals surface area (Å²) in [5, 5.41) is 6.24. The van der Waals surface area contributed by atoms with Crippen molar-refractivity contribution in [3.8, 4) is 0 Å². The number of hydrogen-bond acceptors (Lipinski definition) is 4. The van der Waals surface area contributed by atoms with E-state index in [1.54, 1.807) is 12.3 Å². The van der Waals surface area contributed by atoms with Crippen LogP contribution in [0.5, 0.6) is 0 Å². The summed E-state index contributed by atoms with van der Waals surface area (Å²) in [5.74, 6) is 0.867. The van der Waals surface area contributed by atoms with Gasteiger partial charge in [0.15, 0.2) is 0 Å². The predicted octanol–water partition coefficient (Wildman–Crippen LogP) is 4.25. The zero-order chi connectivity index (χ0) is 14.5. The van der Waals surface area contributed by atoms with Crippen LogP contribution in [-0.2, 0) is 0 Å². The van der Waals surface area contributed by atoms with Gasteiger partial charge in [0.1, 0.15) is 11.6 Å². The molecule has 0 fully saturated rings. The third-order valence-electron chi connectivity index (χ3n) is 2.73. The minimum atomic E-state index is -0.285. The second-order valence-corrected chi connectivity index (χ2v) is 5.26. The largest absolute Gasteiger partial charge is 0.354 e. The summed E-state index contributed by atoms with van der Waals surface area (Å²) < 4.78 is 14.0. The number of halogens is 2. The van der Waals surface area contributed by atoms with Crippen molar-refractivity contribution < 1.29 is 4.39 Å². The van der Waals surface area contributed by atoms with Gasteiger partial charge in [0.05, 0.1) is 4.47 Å². The number of anilines is 3. The monoisotopic (exact) mass is 338 g/mol. The summed E-state index contributed by atoms with van der Waals surface area (Å²) in [6, 6.07) is 4.61. The van der Waals surface area contributed by atoms with Crippen LogP contribution in [-0.4, -0.2) is 16.5 Å². The smallest absolute Gasteiger partial charge is 0.224 e.